The molecule has 29 heavy (non-hydrogen) atoms. The molecule has 0 aliphatic carbocycles. The Morgan fingerprint density at radius 1 is 1.07 bits per heavy atom. The Hall–Kier alpha value is -2.24. The zero-order chi connectivity index (χ0) is 19.8. The number of likely N-dealkylation sites (tertiary alicyclic amines) is 2. The smallest absolute Gasteiger partial charge is 0.227 e. The predicted molar refractivity (Wildman–Crippen MR) is 119 cm³/mol. The first-order valence-corrected chi connectivity index (χ1v) is 11.5. The van der Waals surface area contributed by atoms with Gasteiger partial charge in [0.05, 0.1) is 17.5 Å². The number of aromatic nitrogens is 1. The van der Waals surface area contributed by atoms with Crippen molar-refractivity contribution in [3.05, 3.63) is 53.5 Å². The number of pyridine rings is 1. The summed E-state index contributed by atoms with van der Waals surface area (Å²) in [6.45, 7) is 3.22. The second-order valence-corrected chi connectivity index (χ2v) is 9.45. The van der Waals surface area contributed by atoms with Crippen molar-refractivity contribution in [2.45, 2.75) is 31.7 Å². The molecule has 4 nitrogen and oxygen atoms in total. The van der Waals surface area contributed by atoms with E-state index in [1.807, 2.05) is 35.5 Å². The Kier molecular flexibility index (Phi) is 5.10. The van der Waals surface area contributed by atoms with Gasteiger partial charge in [-0.1, -0.05) is 24.6 Å². The van der Waals surface area contributed by atoms with Crippen molar-refractivity contribution in [2.75, 3.05) is 26.7 Å². The molecule has 2 atom stereocenters. The van der Waals surface area contributed by atoms with Crippen LogP contribution in [-0.2, 0) is 4.79 Å². The molecule has 2 fully saturated rings. The van der Waals surface area contributed by atoms with Gasteiger partial charge in [-0.15, -0.1) is 11.3 Å². The first-order chi connectivity index (χ1) is 14.2. The lowest BCUT2D eigenvalue weighted by Gasteiger charge is -2.28. The fourth-order valence-corrected chi connectivity index (χ4v) is 6.08. The number of hydrogen-bond acceptors (Lipinski definition) is 4. The van der Waals surface area contributed by atoms with Gasteiger partial charge in [0.15, 0.2) is 0 Å². The van der Waals surface area contributed by atoms with Gasteiger partial charge in [-0.25, -0.2) is 0 Å². The van der Waals surface area contributed by atoms with Crippen LogP contribution in [0, 0.1) is 5.92 Å². The van der Waals surface area contributed by atoms with E-state index in [-0.39, 0.29) is 12.0 Å². The number of amides is 1. The van der Waals surface area contributed by atoms with Gasteiger partial charge in [-0.3, -0.25) is 9.78 Å². The fraction of sp³-hybridized carbons (Fsp3) is 0.417. The van der Waals surface area contributed by atoms with Crippen molar-refractivity contribution in [3.63, 3.8) is 0 Å². The Morgan fingerprint density at radius 3 is 2.79 bits per heavy atom. The predicted octanol–water partition coefficient (Wildman–Crippen LogP) is 4.97. The normalized spacial score (nSPS) is 23.2. The molecule has 2 saturated heterocycles. The number of benzene rings is 1. The van der Waals surface area contributed by atoms with Gasteiger partial charge in [0.25, 0.3) is 0 Å². The van der Waals surface area contributed by atoms with E-state index in [1.165, 1.54) is 40.0 Å². The molecular formula is C24H27N3OS. The largest absolute Gasteiger partial charge is 0.338 e. The molecule has 0 N–H and O–H groups in total. The van der Waals surface area contributed by atoms with Crippen LogP contribution >= 0.6 is 11.3 Å². The first kappa shape index (κ1) is 18.8. The van der Waals surface area contributed by atoms with E-state index in [1.54, 1.807) is 0 Å². The lowest BCUT2D eigenvalue weighted by molar-refractivity contribution is -0.131. The number of thiophene rings is 1. The Morgan fingerprint density at radius 2 is 1.93 bits per heavy atom. The molecule has 1 aromatic carbocycles. The Balaban J connectivity index is 1.38. The van der Waals surface area contributed by atoms with Crippen LogP contribution in [0.15, 0.2) is 48.7 Å². The summed E-state index contributed by atoms with van der Waals surface area (Å²) in [6.07, 6.45) is 6.65. The number of piperidine rings is 1. The lowest BCUT2D eigenvalue weighted by Crippen LogP contribution is -2.36. The van der Waals surface area contributed by atoms with E-state index < -0.39 is 0 Å². The maximum absolute atomic E-state index is 12.9. The molecule has 2 aliphatic heterocycles. The molecule has 0 spiro atoms. The fourth-order valence-electron chi connectivity index (χ4n) is 4.88. The van der Waals surface area contributed by atoms with Crippen molar-refractivity contribution >= 4 is 28.1 Å². The van der Waals surface area contributed by atoms with E-state index in [0.29, 0.717) is 5.91 Å². The van der Waals surface area contributed by atoms with E-state index in [2.05, 4.69) is 46.3 Å². The summed E-state index contributed by atoms with van der Waals surface area (Å²) in [5, 5.41) is 1.18. The maximum atomic E-state index is 12.9. The number of fused-ring (bicyclic) bond motifs is 1. The topological polar surface area (TPSA) is 36.4 Å². The second-order valence-electron chi connectivity index (χ2n) is 8.34. The maximum Gasteiger partial charge on any atom is 0.227 e. The van der Waals surface area contributed by atoms with Gasteiger partial charge in [0, 0.05) is 40.5 Å². The molecule has 150 valence electrons. The van der Waals surface area contributed by atoms with Crippen molar-refractivity contribution in [3.8, 4) is 10.4 Å². The zero-order valence-corrected chi connectivity index (χ0v) is 17.7. The molecule has 2 aliphatic rings. The minimum Gasteiger partial charge on any atom is -0.338 e. The van der Waals surface area contributed by atoms with E-state index >= 15 is 0 Å². The highest BCUT2D eigenvalue weighted by Crippen LogP contribution is 2.42. The lowest BCUT2D eigenvalue weighted by atomic mass is 10.0. The molecule has 4 heterocycles. The monoisotopic (exact) mass is 405 g/mol. The summed E-state index contributed by atoms with van der Waals surface area (Å²) in [5.74, 6) is 0.445. The van der Waals surface area contributed by atoms with Crippen LogP contribution in [0.4, 0.5) is 0 Å². The summed E-state index contributed by atoms with van der Waals surface area (Å²) < 4.78 is 0. The average molecular weight is 406 g/mol. The third kappa shape index (κ3) is 3.58. The van der Waals surface area contributed by atoms with Gasteiger partial charge in [0.2, 0.25) is 5.91 Å². The van der Waals surface area contributed by atoms with Gasteiger partial charge in [0.1, 0.15) is 0 Å². The van der Waals surface area contributed by atoms with Crippen molar-refractivity contribution in [1.29, 1.82) is 0 Å². The molecule has 0 radical (unpaired) electrons. The van der Waals surface area contributed by atoms with E-state index in [4.69, 9.17) is 0 Å². The summed E-state index contributed by atoms with van der Waals surface area (Å²) in [7, 11) is 1.98. The average Bonchev–Trinajstić information content (AvgIpc) is 3.35. The van der Waals surface area contributed by atoms with Crippen LogP contribution < -0.4 is 0 Å². The SMILES string of the molecule is CN1C(=O)C(CN2CCCCC2)CC1c1ccc(-c2cccc3ncccc23)s1. The molecule has 1 amide bonds. The van der Waals surface area contributed by atoms with Crippen LogP contribution in [-0.4, -0.2) is 47.4 Å². The van der Waals surface area contributed by atoms with Gasteiger partial charge in [-0.2, -0.15) is 0 Å². The van der Waals surface area contributed by atoms with Gasteiger partial charge in [-0.05, 0) is 56.6 Å². The van der Waals surface area contributed by atoms with Crippen LogP contribution in [0.3, 0.4) is 0 Å². The summed E-state index contributed by atoms with van der Waals surface area (Å²) >= 11 is 1.82. The van der Waals surface area contributed by atoms with Crippen LogP contribution in [0.5, 0.6) is 0 Å². The number of carbonyl (C=O) groups excluding carboxylic acids is 1. The Bertz CT molecular complexity index is 1020. The first-order valence-electron chi connectivity index (χ1n) is 10.6. The number of carbonyl (C=O) groups is 1. The highest BCUT2D eigenvalue weighted by Gasteiger charge is 2.39. The minimum atomic E-state index is 0.135. The standard InChI is InChI=1S/C24H27N3OS/c1-26-21(15-17(24(26)28)16-27-13-3-2-4-14-27)23-11-10-22(29-23)19-7-5-9-20-18(19)8-6-12-25-20/h5-12,17,21H,2-4,13-16H2,1H3. The van der Waals surface area contributed by atoms with Crippen molar-refractivity contribution in [2.24, 2.45) is 5.92 Å². The van der Waals surface area contributed by atoms with Gasteiger partial charge >= 0.3 is 0 Å². The number of nitrogens with zero attached hydrogens (tertiary/aromatic N) is 3. The summed E-state index contributed by atoms with van der Waals surface area (Å²) in [5.41, 5.74) is 2.25. The van der Waals surface area contributed by atoms with Gasteiger partial charge < -0.3 is 9.80 Å². The van der Waals surface area contributed by atoms with E-state index in [9.17, 15) is 4.79 Å². The van der Waals surface area contributed by atoms with Crippen LogP contribution in [0.2, 0.25) is 0 Å². The van der Waals surface area contributed by atoms with Crippen LogP contribution in [0.1, 0.15) is 36.6 Å². The number of hydrogen-bond donors (Lipinski definition) is 0. The molecular weight excluding hydrogens is 378 g/mol. The molecule has 0 bridgehead atoms. The molecule has 2 aromatic heterocycles. The highest BCUT2D eigenvalue weighted by atomic mass is 32.1. The third-order valence-electron chi connectivity index (χ3n) is 6.47. The second kappa shape index (κ2) is 7.88. The molecule has 5 heteroatoms. The third-order valence-corrected chi connectivity index (χ3v) is 7.69. The quantitative estimate of drug-likeness (QED) is 0.615. The molecule has 0 saturated carbocycles. The zero-order valence-electron chi connectivity index (χ0n) is 16.9. The Labute approximate surface area is 176 Å². The highest BCUT2D eigenvalue weighted by molar-refractivity contribution is 7.15. The molecule has 2 unspecified atom stereocenters. The minimum absolute atomic E-state index is 0.135. The summed E-state index contributed by atoms with van der Waals surface area (Å²) in [4.78, 5) is 24.4. The van der Waals surface area contributed by atoms with Crippen molar-refractivity contribution in [1.82, 2.24) is 14.8 Å². The molecule has 3 aromatic rings. The molecule has 5 rings (SSSR count). The van der Waals surface area contributed by atoms with Crippen LogP contribution in [0.25, 0.3) is 21.3 Å². The summed E-state index contributed by atoms with van der Waals surface area (Å²) in [6, 6.07) is 15.1. The van der Waals surface area contributed by atoms with E-state index in [0.717, 1.165) is 31.6 Å². The number of rotatable bonds is 4. The van der Waals surface area contributed by atoms with Crippen molar-refractivity contribution < 1.29 is 4.79 Å².